The molecule has 17 heavy (non-hydrogen) atoms. The molecule has 1 saturated carbocycles. The van der Waals surface area contributed by atoms with Crippen LogP contribution in [0, 0.1) is 11.3 Å². The predicted molar refractivity (Wildman–Crippen MR) is 63.1 cm³/mol. The highest BCUT2D eigenvalue weighted by molar-refractivity contribution is 5.78. The van der Waals surface area contributed by atoms with E-state index in [1.165, 1.54) is 7.11 Å². The van der Waals surface area contributed by atoms with Crippen molar-refractivity contribution in [2.45, 2.75) is 19.3 Å². The first kappa shape index (κ1) is 12.1. The highest BCUT2D eigenvalue weighted by Gasteiger charge is 2.50. The van der Waals surface area contributed by atoms with E-state index in [0.717, 1.165) is 18.4 Å². The summed E-state index contributed by atoms with van der Waals surface area (Å²) in [4.78, 5) is 12.0. The molecule has 5 heteroatoms. The van der Waals surface area contributed by atoms with E-state index in [4.69, 9.17) is 10.5 Å². The second-order valence-electron chi connectivity index (χ2n) is 4.83. The average Bonchev–Trinajstić information content (AvgIpc) is 3.10. The predicted octanol–water partition coefficient (Wildman–Crippen LogP) is 0.491. The molecule has 0 bridgehead atoms. The summed E-state index contributed by atoms with van der Waals surface area (Å²) >= 11 is 0. The molecule has 0 aliphatic heterocycles. The van der Waals surface area contributed by atoms with Crippen LogP contribution in [-0.4, -0.2) is 29.4 Å². The van der Waals surface area contributed by atoms with E-state index in [1.54, 1.807) is 10.9 Å². The Morgan fingerprint density at radius 1 is 1.71 bits per heavy atom. The van der Waals surface area contributed by atoms with Crippen molar-refractivity contribution in [1.29, 1.82) is 0 Å². The Kier molecular flexibility index (Phi) is 3.19. The van der Waals surface area contributed by atoms with Gasteiger partial charge in [-0.15, -0.1) is 0 Å². The molecular formula is C12H19N3O2. The van der Waals surface area contributed by atoms with Crippen LogP contribution in [0.2, 0.25) is 0 Å². The second-order valence-corrected chi connectivity index (χ2v) is 4.83. The number of rotatable bonds is 5. The quantitative estimate of drug-likeness (QED) is 0.757. The van der Waals surface area contributed by atoms with Gasteiger partial charge in [-0.2, -0.15) is 5.10 Å². The van der Waals surface area contributed by atoms with Gasteiger partial charge in [-0.05, 0) is 30.7 Å². The summed E-state index contributed by atoms with van der Waals surface area (Å²) in [7, 11) is 3.29. The number of hydrogen-bond donors (Lipinski definition) is 1. The van der Waals surface area contributed by atoms with E-state index in [-0.39, 0.29) is 5.97 Å². The molecule has 1 unspecified atom stereocenters. The molecule has 0 saturated heterocycles. The molecule has 94 valence electrons. The third kappa shape index (κ3) is 2.20. The Bertz CT molecular complexity index is 412. The minimum Gasteiger partial charge on any atom is -0.469 e. The van der Waals surface area contributed by atoms with Crippen LogP contribution in [0.25, 0.3) is 0 Å². The van der Waals surface area contributed by atoms with Crippen molar-refractivity contribution in [3.63, 3.8) is 0 Å². The summed E-state index contributed by atoms with van der Waals surface area (Å²) in [6, 6.07) is 0. The number of esters is 1. The fraction of sp³-hybridized carbons (Fsp3) is 0.667. The summed E-state index contributed by atoms with van der Waals surface area (Å²) in [5.41, 5.74) is 6.33. The van der Waals surface area contributed by atoms with Gasteiger partial charge in [-0.25, -0.2) is 0 Å². The summed E-state index contributed by atoms with van der Waals surface area (Å²) in [5.74, 6) is 0.173. The summed E-state index contributed by atoms with van der Waals surface area (Å²) in [6.07, 6.45) is 6.46. The molecular weight excluding hydrogens is 218 g/mol. The van der Waals surface area contributed by atoms with Crippen molar-refractivity contribution in [1.82, 2.24) is 9.78 Å². The van der Waals surface area contributed by atoms with Gasteiger partial charge in [-0.1, -0.05) is 0 Å². The first-order valence-electron chi connectivity index (χ1n) is 5.88. The van der Waals surface area contributed by atoms with Crippen molar-refractivity contribution in [3.8, 4) is 0 Å². The number of methoxy groups -OCH3 is 1. The zero-order chi connectivity index (χ0) is 12.5. The van der Waals surface area contributed by atoms with Gasteiger partial charge in [0.15, 0.2) is 0 Å². The highest BCUT2D eigenvalue weighted by Crippen LogP contribution is 2.47. The lowest BCUT2D eigenvalue weighted by molar-refractivity contribution is -0.153. The number of carbonyl (C=O) groups excluding carboxylic acids is 1. The van der Waals surface area contributed by atoms with Crippen molar-refractivity contribution >= 4 is 5.97 Å². The first-order chi connectivity index (χ1) is 8.12. The number of nitrogens with two attached hydrogens (primary N) is 1. The minimum atomic E-state index is -0.558. The second kappa shape index (κ2) is 4.49. The highest BCUT2D eigenvalue weighted by atomic mass is 16.5. The van der Waals surface area contributed by atoms with Crippen LogP contribution in [0.3, 0.4) is 0 Å². The number of hydrogen-bond acceptors (Lipinski definition) is 4. The van der Waals surface area contributed by atoms with Crippen molar-refractivity contribution < 1.29 is 9.53 Å². The molecule has 0 aromatic carbocycles. The first-order valence-corrected chi connectivity index (χ1v) is 5.88. The zero-order valence-corrected chi connectivity index (χ0v) is 10.3. The number of nitrogens with zero attached hydrogens (tertiary/aromatic N) is 2. The smallest absolute Gasteiger partial charge is 0.313 e. The number of aryl methyl sites for hydroxylation is 1. The van der Waals surface area contributed by atoms with E-state index < -0.39 is 5.41 Å². The van der Waals surface area contributed by atoms with Crippen LogP contribution in [0.15, 0.2) is 12.4 Å². The maximum atomic E-state index is 12.0. The Hall–Kier alpha value is -1.36. The molecule has 1 fully saturated rings. The molecule has 2 N–H and O–H groups in total. The molecule has 0 spiro atoms. The summed E-state index contributed by atoms with van der Waals surface area (Å²) < 4.78 is 6.68. The van der Waals surface area contributed by atoms with Crippen LogP contribution in [-0.2, 0) is 23.0 Å². The molecule has 2 rings (SSSR count). The third-order valence-corrected chi connectivity index (χ3v) is 3.59. The fourth-order valence-electron chi connectivity index (χ4n) is 2.47. The van der Waals surface area contributed by atoms with E-state index >= 15 is 0 Å². The zero-order valence-electron chi connectivity index (χ0n) is 10.3. The number of aromatic nitrogens is 2. The normalized spacial score (nSPS) is 18.8. The summed E-state index contributed by atoms with van der Waals surface area (Å²) in [5, 5.41) is 4.12. The Balaban J connectivity index is 2.23. The van der Waals surface area contributed by atoms with Crippen LogP contribution >= 0.6 is 0 Å². The molecule has 1 aliphatic carbocycles. The lowest BCUT2D eigenvalue weighted by Crippen LogP contribution is -2.43. The van der Waals surface area contributed by atoms with Crippen LogP contribution in [0.4, 0.5) is 0 Å². The van der Waals surface area contributed by atoms with Gasteiger partial charge in [0, 0.05) is 19.8 Å². The lowest BCUT2D eigenvalue weighted by Gasteiger charge is -2.29. The Morgan fingerprint density at radius 2 is 2.41 bits per heavy atom. The van der Waals surface area contributed by atoms with Gasteiger partial charge in [0.05, 0.1) is 18.7 Å². The average molecular weight is 237 g/mol. The van der Waals surface area contributed by atoms with Crippen molar-refractivity contribution in [3.05, 3.63) is 18.0 Å². The third-order valence-electron chi connectivity index (χ3n) is 3.59. The van der Waals surface area contributed by atoms with Crippen LogP contribution < -0.4 is 5.73 Å². The van der Waals surface area contributed by atoms with Gasteiger partial charge in [-0.3, -0.25) is 9.48 Å². The Morgan fingerprint density at radius 3 is 2.82 bits per heavy atom. The van der Waals surface area contributed by atoms with Crippen LogP contribution in [0.1, 0.15) is 18.4 Å². The monoisotopic (exact) mass is 237 g/mol. The molecule has 1 atom stereocenters. The maximum Gasteiger partial charge on any atom is 0.313 e. The minimum absolute atomic E-state index is 0.189. The largest absolute Gasteiger partial charge is 0.469 e. The van der Waals surface area contributed by atoms with Crippen molar-refractivity contribution in [2.24, 2.45) is 24.1 Å². The van der Waals surface area contributed by atoms with Gasteiger partial charge in [0.25, 0.3) is 0 Å². The SMILES string of the molecule is COC(=O)C(CN)(Cc1cnn(C)c1)C1CC1. The summed E-state index contributed by atoms with van der Waals surface area (Å²) in [6.45, 7) is 0.333. The molecule has 1 aliphatic rings. The van der Waals surface area contributed by atoms with E-state index in [2.05, 4.69) is 5.10 Å². The van der Waals surface area contributed by atoms with Crippen molar-refractivity contribution in [2.75, 3.05) is 13.7 Å². The van der Waals surface area contributed by atoms with E-state index in [1.807, 2.05) is 13.2 Å². The molecule has 1 aromatic heterocycles. The van der Waals surface area contributed by atoms with Crippen LogP contribution in [0.5, 0.6) is 0 Å². The Labute approximate surface area is 101 Å². The van der Waals surface area contributed by atoms with Gasteiger partial charge in [0.2, 0.25) is 0 Å². The maximum absolute atomic E-state index is 12.0. The standard InChI is InChI=1S/C12H19N3O2/c1-15-7-9(6-14-15)5-12(8-13,10-3-4-10)11(16)17-2/h6-7,10H,3-5,8,13H2,1-2H3. The molecule has 1 heterocycles. The van der Waals surface area contributed by atoms with Gasteiger partial charge in [0.1, 0.15) is 0 Å². The van der Waals surface area contributed by atoms with E-state index in [9.17, 15) is 4.79 Å². The molecule has 1 aromatic rings. The van der Waals surface area contributed by atoms with Gasteiger partial charge >= 0.3 is 5.97 Å². The number of carbonyl (C=O) groups is 1. The van der Waals surface area contributed by atoms with E-state index in [0.29, 0.717) is 18.9 Å². The topological polar surface area (TPSA) is 70.1 Å². The molecule has 0 amide bonds. The number of ether oxygens (including phenoxy) is 1. The molecule has 0 radical (unpaired) electrons. The fourth-order valence-corrected chi connectivity index (χ4v) is 2.47. The van der Waals surface area contributed by atoms with Gasteiger partial charge < -0.3 is 10.5 Å². The molecule has 5 nitrogen and oxygen atoms in total. The lowest BCUT2D eigenvalue weighted by atomic mass is 9.77.